The summed E-state index contributed by atoms with van der Waals surface area (Å²) in [5, 5.41) is 1.19. The molecule has 0 fully saturated rings. The predicted molar refractivity (Wildman–Crippen MR) is 63.7 cm³/mol. The molecule has 0 N–H and O–H groups in total. The van der Waals surface area contributed by atoms with Crippen molar-refractivity contribution < 1.29 is 9.63 Å². The van der Waals surface area contributed by atoms with E-state index in [9.17, 15) is 4.79 Å². The van der Waals surface area contributed by atoms with Gasteiger partial charge in [0.05, 0.1) is 7.11 Å². The highest BCUT2D eigenvalue weighted by Gasteiger charge is 2.00. The molecule has 0 aliphatic rings. The lowest BCUT2D eigenvalue weighted by atomic mass is 10.1. The molecule has 1 rings (SSSR count). The van der Waals surface area contributed by atoms with Crippen molar-refractivity contribution in [1.82, 2.24) is 5.06 Å². The molecule has 0 bridgehead atoms. The highest BCUT2D eigenvalue weighted by molar-refractivity contribution is 5.86. The van der Waals surface area contributed by atoms with E-state index in [1.807, 2.05) is 24.3 Å². The fraction of sp³-hybridized carbons (Fsp3) is 0.308. The van der Waals surface area contributed by atoms with E-state index in [-0.39, 0.29) is 5.91 Å². The van der Waals surface area contributed by atoms with Gasteiger partial charge in [0.15, 0.2) is 0 Å². The molecule has 0 unspecified atom stereocenters. The SMILES string of the molecule is CON(C)C(=O)/C=C/CCc1ccccc1. The number of likely N-dealkylation sites (N-methyl/N-ethyl adjacent to an activating group) is 1. The summed E-state index contributed by atoms with van der Waals surface area (Å²) in [5.41, 5.74) is 1.28. The van der Waals surface area contributed by atoms with Crippen LogP contribution in [0.1, 0.15) is 12.0 Å². The number of rotatable bonds is 5. The first-order valence-corrected chi connectivity index (χ1v) is 5.26. The van der Waals surface area contributed by atoms with Crippen molar-refractivity contribution in [2.24, 2.45) is 0 Å². The number of hydroxylamine groups is 2. The summed E-state index contributed by atoms with van der Waals surface area (Å²) in [6.07, 6.45) is 5.20. The minimum Gasteiger partial charge on any atom is -0.274 e. The highest BCUT2D eigenvalue weighted by atomic mass is 16.7. The summed E-state index contributed by atoms with van der Waals surface area (Å²) in [4.78, 5) is 16.1. The van der Waals surface area contributed by atoms with Crippen molar-refractivity contribution >= 4 is 5.91 Å². The van der Waals surface area contributed by atoms with E-state index in [1.54, 1.807) is 7.05 Å². The third kappa shape index (κ3) is 4.28. The quantitative estimate of drug-likeness (QED) is 0.561. The monoisotopic (exact) mass is 219 g/mol. The van der Waals surface area contributed by atoms with Crippen LogP contribution in [0.2, 0.25) is 0 Å². The molecule has 0 saturated carbocycles. The Balaban J connectivity index is 2.30. The van der Waals surface area contributed by atoms with Crippen molar-refractivity contribution in [2.75, 3.05) is 14.2 Å². The zero-order valence-electron chi connectivity index (χ0n) is 9.72. The van der Waals surface area contributed by atoms with E-state index in [1.165, 1.54) is 23.8 Å². The molecule has 1 amide bonds. The molecular weight excluding hydrogens is 202 g/mol. The van der Waals surface area contributed by atoms with Crippen LogP contribution in [0.3, 0.4) is 0 Å². The lowest BCUT2D eigenvalue weighted by Crippen LogP contribution is -2.23. The number of carbonyl (C=O) groups excluding carboxylic acids is 1. The summed E-state index contributed by atoms with van der Waals surface area (Å²) in [5.74, 6) is -0.143. The fourth-order valence-corrected chi connectivity index (χ4v) is 1.27. The Morgan fingerprint density at radius 1 is 1.38 bits per heavy atom. The maximum absolute atomic E-state index is 11.3. The van der Waals surface area contributed by atoms with Gasteiger partial charge in [0.1, 0.15) is 0 Å². The van der Waals surface area contributed by atoms with E-state index in [0.29, 0.717) is 0 Å². The normalized spacial score (nSPS) is 10.6. The zero-order chi connectivity index (χ0) is 11.8. The van der Waals surface area contributed by atoms with Gasteiger partial charge in [-0.15, -0.1) is 0 Å². The molecule has 3 heteroatoms. The lowest BCUT2D eigenvalue weighted by Gasteiger charge is -2.09. The first kappa shape index (κ1) is 12.5. The second kappa shape index (κ2) is 6.80. The molecule has 86 valence electrons. The molecule has 1 aromatic rings. The van der Waals surface area contributed by atoms with Crippen LogP contribution < -0.4 is 0 Å². The van der Waals surface area contributed by atoms with Gasteiger partial charge in [0, 0.05) is 13.1 Å². The van der Waals surface area contributed by atoms with Gasteiger partial charge in [-0.05, 0) is 18.4 Å². The van der Waals surface area contributed by atoms with Crippen LogP contribution in [-0.2, 0) is 16.1 Å². The molecule has 0 atom stereocenters. The molecule has 16 heavy (non-hydrogen) atoms. The first-order chi connectivity index (χ1) is 7.74. The van der Waals surface area contributed by atoms with Gasteiger partial charge in [0.2, 0.25) is 0 Å². The number of amides is 1. The molecule has 1 aromatic carbocycles. The Bertz CT molecular complexity index is 346. The molecule has 0 aromatic heterocycles. The molecule has 0 aliphatic heterocycles. The second-order valence-electron chi connectivity index (χ2n) is 3.44. The van der Waals surface area contributed by atoms with Gasteiger partial charge in [-0.25, -0.2) is 5.06 Å². The first-order valence-electron chi connectivity index (χ1n) is 5.26. The van der Waals surface area contributed by atoms with E-state index in [0.717, 1.165) is 12.8 Å². The van der Waals surface area contributed by atoms with Gasteiger partial charge >= 0.3 is 0 Å². The van der Waals surface area contributed by atoms with Crippen molar-refractivity contribution in [2.45, 2.75) is 12.8 Å². The highest BCUT2D eigenvalue weighted by Crippen LogP contribution is 2.02. The number of carbonyl (C=O) groups is 1. The number of nitrogens with zero attached hydrogens (tertiary/aromatic N) is 1. The lowest BCUT2D eigenvalue weighted by molar-refractivity contribution is -0.162. The standard InChI is InChI=1S/C13H17NO2/c1-14(16-2)13(15)11-7-6-10-12-8-4-3-5-9-12/h3-5,7-9,11H,6,10H2,1-2H3/b11-7+. The van der Waals surface area contributed by atoms with Gasteiger partial charge in [-0.3, -0.25) is 9.63 Å². The molecule has 0 saturated heterocycles. The number of aryl methyl sites for hydroxylation is 1. The maximum Gasteiger partial charge on any atom is 0.269 e. The fourth-order valence-electron chi connectivity index (χ4n) is 1.27. The molecule has 0 aliphatic carbocycles. The summed E-state index contributed by atoms with van der Waals surface area (Å²) in [6.45, 7) is 0. The topological polar surface area (TPSA) is 29.5 Å². The second-order valence-corrected chi connectivity index (χ2v) is 3.44. The average Bonchev–Trinajstić information content (AvgIpc) is 2.34. The van der Waals surface area contributed by atoms with Gasteiger partial charge in [0.25, 0.3) is 5.91 Å². The minimum absolute atomic E-state index is 0.143. The van der Waals surface area contributed by atoms with Crippen molar-refractivity contribution in [3.8, 4) is 0 Å². The van der Waals surface area contributed by atoms with E-state index in [4.69, 9.17) is 4.84 Å². The average molecular weight is 219 g/mol. The van der Waals surface area contributed by atoms with Crippen LogP contribution in [-0.4, -0.2) is 25.1 Å². The summed E-state index contributed by atoms with van der Waals surface area (Å²) in [6, 6.07) is 10.2. The van der Waals surface area contributed by atoms with Crippen LogP contribution >= 0.6 is 0 Å². The Labute approximate surface area is 96.3 Å². The summed E-state index contributed by atoms with van der Waals surface area (Å²) >= 11 is 0. The molecule has 0 spiro atoms. The van der Waals surface area contributed by atoms with Crippen molar-refractivity contribution in [3.05, 3.63) is 48.0 Å². The van der Waals surface area contributed by atoms with Gasteiger partial charge < -0.3 is 0 Å². The molecule has 0 radical (unpaired) electrons. The van der Waals surface area contributed by atoms with Crippen molar-refractivity contribution in [1.29, 1.82) is 0 Å². The van der Waals surface area contributed by atoms with Crippen LogP contribution in [0.25, 0.3) is 0 Å². The van der Waals surface area contributed by atoms with E-state index >= 15 is 0 Å². The van der Waals surface area contributed by atoms with Crippen LogP contribution in [0.5, 0.6) is 0 Å². The Hall–Kier alpha value is -1.61. The Kier molecular flexibility index (Phi) is 5.29. The van der Waals surface area contributed by atoms with Gasteiger partial charge in [-0.1, -0.05) is 36.4 Å². The Morgan fingerprint density at radius 2 is 2.06 bits per heavy atom. The third-order valence-corrected chi connectivity index (χ3v) is 2.29. The van der Waals surface area contributed by atoms with Crippen molar-refractivity contribution in [3.63, 3.8) is 0 Å². The van der Waals surface area contributed by atoms with Crippen LogP contribution in [0, 0.1) is 0 Å². The smallest absolute Gasteiger partial charge is 0.269 e. The van der Waals surface area contributed by atoms with E-state index < -0.39 is 0 Å². The Morgan fingerprint density at radius 3 is 2.69 bits per heavy atom. The molecule has 3 nitrogen and oxygen atoms in total. The predicted octanol–water partition coefficient (Wildman–Crippen LogP) is 2.20. The van der Waals surface area contributed by atoms with Crippen LogP contribution in [0.4, 0.5) is 0 Å². The summed E-state index contributed by atoms with van der Waals surface area (Å²) in [7, 11) is 3.06. The van der Waals surface area contributed by atoms with Gasteiger partial charge in [-0.2, -0.15) is 0 Å². The minimum atomic E-state index is -0.143. The third-order valence-electron chi connectivity index (χ3n) is 2.29. The van der Waals surface area contributed by atoms with E-state index in [2.05, 4.69) is 12.1 Å². The number of benzene rings is 1. The largest absolute Gasteiger partial charge is 0.274 e. The molecule has 0 heterocycles. The number of allylic oxidation sites excluding steroid dienone is 1. The summed E-state index contributed by atoms with van der Waals surface area (Å²) < 4.78 is 0. The zero-order valence-corrected chi connectivity index (χ0v) is 9.72. The molecular formula is C13H17NO2. The number of hydrogen-bond donors (Lipinski definition) is 0. The maximum atomic E-state index is 11.3. The van der Waals surface area contributed by atoms with Crippen LogP contribution in [0.15, 0.2) is 42.5 Å². The number of hydrogen-bond acceptors (Lipinski definition) is 2.